The van der Waals surface area contributed by atoms with Gasteiger partial charge in [-0.25, -0.2) is 0 Å². The summed E-state index contributed by atoms with van der Waals surface area (Å²) in [6.07, 6.45) is 2.78. The van der Waals surface area contributed by atoms with Crippen LogP contribution in [0.1, 0.15) is 48.0 Å². The SMILES string of the molecule is CC(C)(C)[C@@H]1CCc2c(sc(NC(=O)CN3CCN(CCO)CC3)c2C(=O)Nc2ccc(Cl)cc2)C1. The van der Waals surface area contributed by atoms with Crippen molar-refractivity contribution in [2.75, 3.05) is 56.5 Å². The number of piperazine rings is 1. The normalized spacial score (nSPS) is 19.1. The Balaban J connectivity index is 1.51. The van der Waals surface area contributed by atoms with Crippen LogP contribution in [0.25, 0.3) is 0 Å². The second-order valence-corrected chi connectivity index (χ2v) is 12.4. The van der Waals surface area contributed by atoms with E-state index in [9.17, 15) is 9.59 Å². The Kier molecular flexibility index (Phi) is 8.73. The molecule has 2 aliphatic rings. The van der Waals surface area contributed by atoms with Gasteiger partial charge in [-0.1, -0.05) is 32.4 Å². The summed E-state index contributed by atoms with van der Waals surface area (Å²) in [5, 5.41) is 16.5. The smallest absolute Gasteiger partial charge is 0.258 e. The molecule has 0 spiro atoms. The van der Waals surface area contributed by atoms with Gasteiger partial charge in [-0.15, -0.1) is 11.3 Å². The maximum Gasteiger partial charge on any atom is 0.258 e. The summed E-state index contributed by atoms with van der Waals surface area (Å²) in [5.41, 5.74) is 2.53. The Hall–Kier alpha value is -1.97. The molecule has 9 heteroatoms. The van der Waals surface area contributed by atoms with Crippen LogP contribution in [0.4, 0.5) is 10.7 Å². The van der Waals surface area contributed by atoms with Gasteiger partial charge in [0.1, 0.15) is 5.00 Å². The summed E-state index contributed by atoms with van der Waals surface area (Å²) in [5.74, 6) is 0.240. The molecule has 1 aliphatic heterocycles. The molecule has 2 heterocycles. The van der Waals surface area contributed by atoms with Crippen molar-refractivity contribution < 1.29 is 14.7 Å². The summed E-state index contributed by atoms with van der Waals surface area (Å²) in [6, 6.07) is 7.06. The number of fused-ring (bicyclic) bond motifs is 1. The van der Waals surface area contributed by atoms with Crippen LogP contribution in [0.5, 0.6) is 0 Å². The first-order valence-electron chi connectivity index (χ1n) is 12.7. The minimum absolute atomic E-state index is 0.0999. The van der Waals surface area contributed by atoms with Crippen LogP contribution in [-0.2, 0) is 17.6 Å². The van der Waals surface area contributed by atoms with E-state index in [4.69, 9.17) is 16.7 Å². The number of thiophene rings is 1. The average Bonchev–Trinajstić information content (AvgIpc) is 3.18. The summed E-state index contributed by atoms with van der Waals surface area (Å²) in [6.45, 7) is 11.2. The van der Waals surface area contributed by atoms with Gasteiger partial charge in [0.2, 0.25) is 5.91 Å². The van der Waals surface area contributed by atoms with E-state index in [0.29, 0.717) is 40.3 Å². The molecular formula is C27H37ClN4O3S. The number of anilines is 2. The molecule has 1 fully saturated rings. The van der Waals surface area contributed by atoms with E-state index in [2.05, 4.69) is 41.2 Å². The van der Waals surface area contributed by atoms with Crippen LogP contribution >= 0.6 is 22.9 Å². The molecule has 36 heavy (non-hydrogen) atoms. The fourth-order valence-electron chi connectivity index (χ4n) is 5.06. The molecule has 2 amide bonds. The van der Waals surface area contributed by atoms with Gasteiger partial charge < -0.3 is 15.7 Å². The first-order valence-corrected chi connectivity index (χ1v) is 13.9. The third kappa shape index (κ3) is 6.66. The maximum atomic E-state index is 13.5. The van der Waals surface area contributed by atoms with Crippen LogP contribution in [-0.4, -0.2) is 72.6 Å². The van der Waals surface area contributed by atoms with Crippen molar-refractivity contribution in [2.45, 2.75) is 40.0 Å². The van der Waals surface area contributed by atoms with Crippen LogP contribution in [0, 0.1) is 11.3 Å². The summed E-state index contributed by atoms with van der Waals surface area (Å²) >= 11 is 7.56. The van der Waals surface area contributed by atoms with E-state index in [1.165, 1.54) is 4.88 Å². The molecule has 4 rings (SSSR count). The highest BCUT2D eigenvalue weighted by Crippen LogP contribution is 2.44. The van der Waals surface area contributed by atoms with Gasteiger partial charge in [0.25, 0.3) is 5.91 Å². The number of carbonyl (C=O) groups excluding carboxylic acids is 2. The highest BCUT2D eigenvalue weighted by atomic mass is 35.5. The Bertz CT molecular complexity index is 1070. The minimum atomic E-state index is -0.197. The van der Waals surface area contributed by atoms with Crippen molar-refractivity contribution in [1.29, 1.82) is 0 Å². The number of aliphatic hydroxyl groups excluding tert-OH is 1. The third-order valence-electron chi connectivity index (χ3n) is 7.32. The molecule has 0 bridgehead atoms. The number of nitrogens with one attached hydrogen (secondary N) is 2. The largest absolute Gasteiger partial charge is 0.395 e. The highest BCUT2D eigenvalue weighted by Gasteiger charge is 2.34. The number of carbonyl (C=O) groups is 2. The van der Waals surface area contributed by atoms with E-state index < -0.39 is 0 Å². The molecule has 7 nitrogen and oxygen atoms in total. The molecule has 3 N–H and O–H groups in total. The monoisotopic (exact) mass is 532 g/mol. The first-order chi connectivity index (χ1) is 17.1. The fraction of sp³-hybridized carbons (Fsp3) is 0.556. The van der Waals surface area contributed by atoms with E-state index in [1.807, 2.05) is 0 Å². The van der Waals surface area contributed by atoms with E-state index in [0.717, 1.165) is 51.0 Å². The van der Waals surface area contributed by atoms with Gasteiger partial charge in [-0.2, -0.15) is 0 Å². The van der Waals surface area contributed by atoms with Crippen molar-refractivity contribution in [3.05, 3.63) is 45.3 Å². The highest BCUT2D eigenvalue weighted by molar-refractivity contribution is 7.17. The zero-order chi connectivity index (χ0) is 25.9. The predicted molar refractivity (Wildman–Crippen MR) is 147 cm³/mol. The van der Waals surface area contributed by atoms with Gasteiger partial charge in [0.15, 0.2) is 0 Å². The van der Waals surface area contributed by atoms with E-state index in [-0.39, 0.29) is 23.8 Å². The Labute approximate surface area is 222 Å². The van der Waals surface area contributed by atoms with Crippen LogP contribution in [0.2, 0.25) is 5.02 Å². The number of hydrogen-bond donors (Lipinski definition) is 3. The summed E-state index contributed by atoms with van der Waals surface area (Å²) < 4.78 is 0. The number of aliphatic hydroxyl groups is 1. The lowest BCUT2D eigenvalue weighted by molar-refractivity contribution is -0.117. The predicted octanol–water partition coefficient (Wildman–Crippen LogP) is 4.35. The van der Waals surface area contributed by atoms with Gasteiger partial charge in [0.05, 0.1) is 18.7 Å². The second kappa shape index (κ2) is 11.6. The molecule has 1 saturated heterocycles. The Morgan fingerprint density at radius 2 is 1.75 bits per heavy atom. The van der Waals surface area contributed by atoms with Gasteiger partial charge in [-0.05, 0) is 60.4 Å². The molecule has 0 radical (unpaired) electrons. The van der Waals surface area contributed by atoms with Crippen LogP contribution < -0.4 is 10.6 Å². The first kappa shape index (κ1) is 27.1. The number of amides is 2. The molecular weight excluding hydrogens is 496 g/mol. The van der Waals surface area contributed by atoms with E-state index >= 15 is 0 Å². The zero-order valence-corrected chi connectivity index (χ0v) is 23.0. The molecule has 1 aromatic carbocycles. The third-order valence-corrected chi connectivity index (χ3v) is 8.74. The summed E-state index contributed by atoms with van der Waals surface area (Å²) in [4.78, 5) is 32.1. The zero-order valence-electron chi connectivity index (χ0n) is 21.4. The number of halogens is 1. The molecule has 1 atom stereocenters. The lowest BCUT2D eigenvalue weighted by Crippen LogP contribution is -2.49. The minimum Gasteiger partial charge on any atom is -0.395 e. The van der Waals surface area contributed by atoms with Crippen molar-refractivity contribution in [3.8, 4) is 0 Å². The number of nitrogens with zero attached hydrogens (tertiary/aromatic N) is 2. The molecule has 1 aromatic heterocycles. The van der Waals surface area contributed by atoms with Crippen molar-refractivity contribution in [1.82, 2.24) is 9.80 Å². The number of rotatable bonds is 7. The topological polar surface area (TPSA) is 84.9 Å². The second-order valence-electron chi connectivity index (χ2n) is 10.9. The van der Waals surface area contributed by atoms with Crippen molar-refractivity contribution in [2.24, 2.45) is 11.3 Å². The average molecular weight is 533 g/mol. The van der Waals surface area contributed by atoms with Gasteiger partial charge in [0, 0.05) is 48.3 Å². The van der Waals surface area contributed by atoms with Crippen LogP contribution in [0.15, 0.2) is 24.3 Å². The van der Waals surface area contributed by atoms with Gasteiger partial charge in [-0.3, -0.25) is 19.4 Å². The van der Waals surface area contributed by atoms with E-state index in [1.54, 1.807) is 35.6 Å². The molecule has 196 valence electrons. The molecule has 1 aliphatic carbocycles. The number of benzene rings is 1. The van der Waals surface area contributed by atoms with Crippen molar-refractivity contribution in [3.63, 3.8) is 0 Å². The maximum absolute atomic E-state index is 13.5. The Morgan fingerprint density at radius 3 is 2.39 bits per heavy atom. The number of β-amino-alcohol motifs (C(OH)–C–C–N with tert-alkyl or cyclic N) is 1. The molecule has 0 saturated carbocycles. The summed E-state index contributed by atoms with van der Waals surface area (Å²) in [7, 11) is 0. The Morgan fingerprint density at radius 1 is 1.08 bits per heavy atom. The molecule has 0 unspecified atom stereocenters. The quantitative estimate of drug-likeness (QED) is 0.493. The fourth-order valence-corrected chi connectivity index (χ4v) is 6.53. The van der Waals surface area contributed by atoms with Crippen LogP contribution in [0.3, 0.4) is 0 Å². The van der Waals surface area contributed by atoms with Crippen molar-refractivity contribution >= 4 is 45.4 Å². The number of hydrogen-bond acceptors (Lipinski definition) is 6. The molecule has 2 aromatic rings. The standard InChI is InChI=1S/C27H37ClN4O3S/c1-27(2,3)18-4-9-21-22(16-18)36-26(24(21)25(35)29-20-7-5-19(28)6-8-20)30-23(34)17-32-12-10-31(11-13-32)14-15-33/h5-8,18,33H,4,9-17H2,1-3H3,(H,29,35)(H,30,34)/t18-/m1/s1. The lowest BCUT2D eigenvalue weighted by Gasteiger charge is -2.33. The lowest BCUT2D eigenvalue weighted by atomic mass is 9.72. The van der Waals surface area contributed by atoms with Gasteiger partial charge >= 0.3 is 0 Å².